The average molecular weight is 305 g/mol. The summed E-state index contributed by atoms with van der Waals surface area (Å²) in [5.74, 6) is -0.405. The third-order valence-corrected chi connectivity index (χ3v) is 4.20. The Balaban J connectivity index is 2.63. The number of rotatable bonds is 8. The van der Waals surface area contributed by atoms with Crippen LogP contribution in [0.5, 0.6) is 0 Å². The van der Waals surface area contributed by atoms with E-state index >= 15 is 0 Å². The Labute approximate surface area is 119 Å². The van der Waals surface area contributed by atoms with Crippen molar-refractivity contribution in [1.29, 1.82) is 0 Å². The Hall–Kier alpha value is -0.510. The molecule has 0 saturated carbocycles. The van der Waals surface area contributed by atoms with Gasteiger partial charge in [0.25, 0.3) is 0 Å². The number of hydrogen-bond acceptors (Lipinski definition) is 4. The normalized spacial score (nSPS) is 15.1. The number of benzene rings is 1. The van der Waals surface area contributed by atoms with Gasteiger partial charge in [-0.1, -0.05) is 37.1 Å². The second-order valence-corrected chi connectivity index (χ2v) is 6.06. The van der Waals surface area contributed by atoms with Crippen molar-refractivity contribution in [2.24, 2.45) is 5.73 Å². The van der Waals surface area contributed by atoms with Crippen LogP contribution in [-0.2, 0) is 9.09 Å². The molecule has 0 spiro atoms. The van der Waals surface area contributed by atoms with Crippen molar-refractivity contribution in [1.82, 2.24) is 0 Å². The number of halogens is 1. The molecule has 0 heterocycles. The molecule has 0 fully saturated rings. The van der Waals surface area contributed by atoms with Crippen LogP contribution < -0.4 is 5.73 Å². The van der Waals surface area contributed by atoms with Crippen LogP contribution in [0.25, 0.3) is 0 Å². The maximum atomic E-state index is 11.6. The Kier molecular flexibility index (Phi) is 7.51. The SMILES string of the molecule is CCCC[P+](=O)OC(O)C(CN)c1ccc(Cl)cc1. The summed E-state index contributed by atoms with van der Waals surface area (Å²) < 4.78 is 16.8. The summed E-state index contributed by atoms with van der Waals surface area (Å²) >= 11 is 5.81. The summed E-state index contributed by atoms with van der Waals surface area (Å²) in [6, 6.07) is 7.02. The summed E-state index contributed by atoms with van der Waals surface area (Å²) in [4.78, 5) is 0. The highest BCUT2D eigenvalue weighted by atomic mass is 35.5. The largest absolute Gasteiger partial charge is 0.510 e. The molecule has 19 heavy (non-hydrogen) atoms. The van der Waals surface area contributed by atoms with E-state index in [0.29, 0.717) is 11.2 Å². The first-order chi connectivity index (χ1) is 9.08. The Morgan fingerprint density at radius 2 is 2.05 bits per heavy atom. The van der Waals surface area contributed by atoms with Gasteiger partial charge >= 0.3 is 8.03 Å². The Bertz CT molecular complexity index is 399. The first kappa shape index (κ1) is 16.5. The number of nitrogens with two attached hydrogens (primary N) is 1. The molecule has 1 aromatic rings. The van der Waals surface area contributed by atoms with Crippen molar-refractivity contribution in [3.63, 3.8) is 0 Å². The predicted octanol–water partition coefficient (Wildman–Crippen LogP) is 3.26. The van der Waals surface area contributed by atoms with Gasteiger partial charge in [0.05, 0.1) is 5.92 Å². The van der Waals surface area contributed by atoms with E-state index in [4.69, 9.17) is 21.9 Å². The van der Waals surface area contributed by atoms with E-state index in [1.165, 1.54) is 0 Å². The van der Waals surface area contributed by atoms with Crippen LogP contribution in [0.3, 0.4) is 0 Å². The molecule has 0 aromatic heterocycles. The third-order valence-electron chi connectivity index (χ3n) is 2.82. The maximum Gasteiger partial charge on any atom is 0.510 e. The molecule has 1 aromatic carbocycles. The highest BCUT2D eigenvalue weighted by Crippen LogP contribution is 2.31. The molecule has 0 aliphatic rings. The smallest absolute Gasteiger partial charge is 0.364 e. The molecule has 3 atom stereocenters. The second kappa shape index (κ2) is 8.62. The molecule has 0 radical (unpaired) electrons. The summed E-state index contributed by atoms with van der Waals surface area (Å²) in [5, 5.41) is 10.6. The molecule has 3 N–H and O–H groups in total. The number of unbranched alkanes of at least 4 members (excludes halogenated alkanes) is 1. The van der Waals surface area contributed by atoms with Gasteiger partial charge in [0.1, 0.15) is 0 Å². The van der Waals surface area contributed by atoms with Crippen LogP contribution in [0.2, 0.25) is 5.02 Å². The van der Waals surface area contributed by atoms with Crippen LogP contribution >= 0.6 is 19.6 Å². The van der Waals surface area contributed by atoms with E-state index in [1.54, 1.807) is 24.3 Å². The van der Waals surface area contributed by atoms with Crippen LogP contribution in [0, 0.1) is 0 Å². The fourth-order valence-corrected chi connectivity index (χ4v) is 2.85. The second-order valence-electron chi connectivity index (χ2n) is 4.30. The van der Waals surface area contributed by atoms with Crippen molar-refractivity contribution < 1.29 is 14.2 Å². The van der Waals surface area contributed by atoms with E-state index in [2.05, 4.69) is 0 Å². The van der Waals surface area contributed by atoms with Crippen LogP contribution in [0.1, 0.15) is 31.2 Å². The number of aliphatic hydroxyl groups excluding tert-OH is 1. The Morgan fingerprint density at radius 3 is 2.58 bits per heavy atom. The molecule has 0 aliphatic heterocycles. The van der Waals surface area contributed by atoms with Gasteiger partial charge in [-0.15, -0.1) is 4.52 Å². The molecule has 0 bridgehead atoms. The van der Waals surface area contributed by atoms with Crippen LogP contribution in [0.15, 0.2) is 24.3 Å². The third kappa shape index (κ3) is 5.55. The fraction of sp³-hybridized carbons (Fsp3) is 0.538. The molecular formula is C13H20ClNO3P+. The van der Waals surface area contributed by atoms with Gasteiger partial charge in [0, 0.05) is 11.6 Å². The van der Waals surface area contributed by atoms with Gasteiger partial charge in [-0.3, -0.25) is 0 Å². The molecular weight excluding hydrogens is 285 g/mol. The van der Waals surface area contributed by atoms with Gasteiger partial charge < -0.3 is 10.8 Å². The summed E-state index contributed by atoms with van der Waals surface area (Å²) in [6.07, 6.45) is 1.06. The predicted molar refractivity (Wildman–Crippen MR) is 77.7 cm³/mol. The molecule has 106 valence electrons. The lowest BCUT2D eigenvalue weighted by molar-refractivity contribution is -0.0304. The lowest BCUT2D eigenvalue weighted by atomic mass is 9.99. The fourth-order valence-electron chi connectivity index (χ4n) is 1.66. The van der Waals surface area contributed by atoms with Gasteiger partial charge in [-0.2, -0.15) is 0 Å². The minimum absolute atomic E-state index is 0.208. The zero-order chi connectivity index (χ0) is 14.3. The molecule has 0 saturated heterocycles. The first-order valence-corrected chi connectivity index (χ1v) is 8.07. The highest BCUT2D eigenvalue weighted by Gasteiger charge is 2.29. The van der Waals surface area contributed by atoms with E-state index in [0.717, 1.165) is 18.4 Å². The lowest BCUT2D eigenvalue weighted by Crippen LogP contribution is -2.26. The van der Waals surface area contributed by atoms with Crippen LogP contribution in [-0.4, -0.2) is 24.1 Å². The standard InChI is InChI=1S/C13H20ClNO3P/c1-2-3-8-19(17)18-13(16)12(9-15)10-4-6-11(14)7-5-10/h4-7,12-13,16H,2-3,8-9,15H2,1H3/q+1. The highest BCUT2D eigenvalue weighted by molar-refractivity contribution is 7.39. The number of hydrogen-bond donors (Lipinski definition) is 2. The van der Waals surface area contributed by atoms with Crippen molar-refractivity contribution in [2.75, 3.05) is 12.7 Å². The monoisotopic (exact) mass is 304 g/mol. The van der Waals surface area contributed by atoms with E-state index < -0.39 is 20.2 Å². The quantitative estimate of drug-likeness (QED) is 0.571. The summed E-state index contributed by atoms with van der Waals surface area (Å²) in [5.41, 5.74) is 6.47. The Morgan fingerprint density at radius 1 is 1.42 bits per heavy atom. The van der Waals surface area contributed by atoms with Gasteiger partial charge in [0.2, 0.25) is 6.29 Å². The van der Waals surface area contributed by atoms with E-state index in [1.807, 2.05) is 6.92 Å². The molecule has 0 aliphatic carbocycles. The topological polar surface area (TPSA) is 72.5 Å². The number of aliphatic hydroxyl groups is 1. The molecule has 0 amide bonds. The summed E-state index contributed by atoms with van der Waals surface area (Å²) in [7, 11) is -1.84. The van der Waals surface area contributed by atoms with E-state index in [9.17, 15) is 9.67 Å². The van der Waals surface area contributed by atoms with Crippen molar-refractivity contribution >= 4 is 19.6 Å². The zero-order valence-corrected chi connectivity index (χ0v) is 12.6. The first-order valence-electron chi connectivity index (χ1n) is 6.33. The van der Waals surface area contributed by atoms with E-state index in [-0.39, 0.29) is 6.54 Å². The minimum atomic E-state index is -1.84. The van der Waals surface area contributed by atoms with Crippen molar-refractivity contribution in [3.05, 3.63) is 34.9 Å². The molecule has 1 rings (SSSR count). The maximum absolute atomic E-state index is 11.6. The minimum Gasteiger partial charge on any atom is -0.364 e. The molecule has 3 unspecified atom stereocenters. The van der Waals surface area contributed by atoms with Gasteiger partial charge in [-0.05, 0) is 28.7 Å². The van der Waals surface area contributed by atoms with Crippen LogP contribution in [0.4, 0.5) is 0 Å². The zero-order valence-electron chi connectivity index (χ0n) is 11.0. The van der Waals surface area contributed by atoms with Gasteiger partial charge in [0.15, 0.2) is 6.16 Å². The average Bonchev–Trinajstić information content (AvgIpc) is 2.39. The lowest BCUT2D eigenvalue weighted by Gasteiger charge is -2.17. The van der Waals surface area contributed by atoms with Crippen molar-refractivity contribution in [2.45, 2.75) is 32.0 Å². The molecule has 6 heteroatoms. The van der Waals surface area contributed by atoms with Crippen molar-refractivity contribution in [3.8, 4) is 0 Å². The summed E-state index contributed by atoms with van der Waals surface area (Å²) in [6.45, 7) is 2.22. The van der Waals surface area contributed by atoms with Gasteiger partial charge in [-0.25, -0.2) is 0 Å². The molecule has 4 nitrogen and oxygen atoms in total.